The van der Waals surface area contributed by atoms with Gasteiger partial charge in [0.1, 0.15) is 0 Å². The predicted octanol–water partition coefficient (Wildman–Crippen LogP) is 3.28. The number of ether oxygens (including phenoxy) is 1. The van der Waals surface area contributed by atoms with Crippen LogP contribution in [0.15, 0.2) is 12.1 Å². The van der Waals surface area contributed by atoms with E-state index in [1.54, 1.807) is 0 Å². The molecule has 0 unspecified atom stereocenters. The Morgan fingerprint density at radius 2 is 1.83 bits per heavy atom. The van der Waals surface area contributed by atoms with Crippen molar-refractivity contribution in [1.82, 2.24) is 5.32 Å². The van der Waals surface area contributed by atoms with E-state index in [9.17, 15) is 13.6 Å². The number of amides is 2. The van der Waals surface area contributed by atoms with Crippen molar-refractivity contribution in [3.8, 4) is 5.75 Å². The zero-order chi connectivity index (χ0) is 17.5. The fraction of sp³-hybridized carbons (Fsp3) is 0.562. The molecule has 0 atom stereocenters. The van der Waals surface area contributed by atoms with E-state index in [2.05, 4.69) is 15.4 Å². The minimum atomic E-state index is -0.889. The van der Waals surface area contributed by atoms with Crippen LogP contribution in [-0.2, 0) is 0 Å². The smallest absolute Gasteiger partial charge is 0.319 e. The van der Waals surface area contributed by atoms with Crippen molar-refractivity contribution in [2.45, 2.75) is 33.1 Å². The lowest BCUT2D eigenvalue weighted by molar-refractivity contribution is 0.165. The highest BCUT2D eigenvalue weighted by molar-refractivity contribution is 5.89. The Morgan fingerprint density at radius 3 is 2.26 bits per heavy atom. The number of urea groups is 1. The number of carbonyl (C=O) groups is 1. The quantitative estimate of drug-likeness (QED) is 0.685. The molecule has 0 bridgehead atoms. The molecule has 130 valence electrons. The number of aliphatic hydroxyl groups is 1. The van der Waals surface area contributed by atoms with E-state index in [4.69, 9.17) is 5.11 Å². The number of hydrogen-bond acceptors (Lipinski definition) is 3. The number of methoxy groups -OCH3 is 1. The summed E-state index contributed by atoms with van der Waals surface area (Å²) in [5, 5.41) is 14.2. The molecule has 0 heterocycles. The number of carbonyl (C=O) groups excluding carboxylic acids is 1. The summed E-state index contributed by atoms with van der Waals surface area (Å²) in [7, 11) is 1.16. The van der Waals surface area contributed by atoms with Crippen LogP contribution < -0.4 is 15.4 Å². The standard InChI is InChI=1S/C16H24F2N2O3/c1-4-16(5-2,6-7-21)10-19-15(22)20-11-8-12(17)14(23-3)13(18)9-11/h8-9,21H,4-7,10H2,1-3H3,(H2,19,20,22). The largest absolute Gasteiger partial charge is 0.491 e. The summed E-state index contributed by atoms with van der Waals surface area (Å²) in [6.07, 6.45) is 2.18. The van der Waals surface area contributed by atoms with Crippen LogP contribution in [-0.4, -0.2) is 31.4 Å². The summed E-state index contributed by atoms with van der Waals surface area (Å²) < 4.78 is 31.7. The lowest BCUT2D eigenvalue weighted by atomic mass is 9.79. The monoisotopic (exact) mass is 330 g/mol. The molecular formula is C16H24F2N2O3. The van der Waals surface area contributed by atoms with Crippen molar-refractivity contribution < 1.29 is 23.4 Å². The Balaban J connectivity index is 2.70. The van der Waals surface area contributed by atoms with Gasteiger partial charge in [-0.2, -0.15) is 0 Å². The van der Waals surface area contributed by atoms with Gasteiger partial charge in [0.15, 0.2) is 17.4 Å². The molecule has 3 N–H and O–H groups in total. The molecule has 0 aliphatic rings. The normalized spacial score (nSPS) is 11.2. The van der Waals surface area contributed by atoms with Gasteiger partial charge in [0.25, 0.3) is 0 Å². The first-order valence-electron chi connectivity index (χ1n) is 7.60. The minimum Gasteiger partial charge on any atom is -0.491 e. The molecule has 7 heteroatoms. The van der Waals surface area contributed by atoms with E-state index in [-0.39, 0.29) is 17.7 Å². The van der Waals surface area contributed by atoms with Gasteiger partial charge in [0.05, 0.1) is 7.11 Å². The maximum atomic E-state index is 13.6. The third-order valence-corrected chi connectivity index (χ3v) is 4.23. The highest BCUT2D eigenvalue weighted by Gasteiger charge is 2.26. The molecule has 0 spiro atoms. The van der Waals surface area contributed by atoms with Crippen molar-refractivity contribution in [2.24, 2.45) is 5.41 Å². The van der Waals surface area contributed by atoms with Crippen LogP contribution in [0.25, 0.3) is 0 Å². The van der Waals surface area contributed by atoms with Crippen molar-refractivity contribution >= 4 is 11.7 Å². The second kappa shape index (κ2) is 8.67. The number of rotatable bonds is 8. The fourth-order valence-electron chi connectivity index (χ4n) is 2.45. The third-order valence-electron chi connectivity index (χ3n) is 4.23. The molecular weight excluding hydrogens is 306 g/mol. The molecule has 1 aromatic rings. The Bertz CT molecular complexity index is 511. The van der Waals surface area contributed by atoms with E-state index in [0.717, 1.165) is 32.1 Å². The Morgan fingerprint density at radius 1 is 1.26 bits per heavy atom. The lowest BCUT2D eigenvalue weighted by Gasteiger charge is -2.31. The van der Waals surface area contributed by atoms with Crippen molar-refractivity contribution in [3.05, 3.63) is 23.8 Å². The number of hydrogen-bond donors (Lipinski definition) is 3. The van der Waals surface area contributed by atoms with Gasteiger partial charge in [0.2, 0.25) is 0 Å². The van der Waals surface area contributed by atoms with Crippen LogP contribution in [0, 0.1) is 17.0 Å². The summed E-state index contributed by atoms with van der Waals surface area (Å²) >= 11 is 0. The van der Waals surface area contributed by atoms with Crippen LogP contribution in [0.3, 0.4) is 0 Å². The zero-order valence-electron chi connectivity index (χ0n) is 13.7. The average Bonchev–Trinajstić information content (AvgIpc) is 2.51. The number of anilines is 1. The van der Waals surface area contributed by atoms with Crippen molar-refractivity contribution in [2.75, 3.05) is 25.6 Å². The highest BCUT2D eigenvalue weighted by atomic mass is 19.1. The second-order valence-electron chi connectivity index (χ2n) is 5.46. The summed E-state index contributed by atoms with van der Waals surface area (Å²) in [5.74, 6) is -2.27. The number of halogens is 2. The molecule has 0 fully saturated rings. The molecule has 0 aliphatic heterocycles. The van der Waals surface area contributed by atoms with Gasteiger partial charge in [-0.1, -0.05) is 13.8 Å². The summed E-state index contributed by atoms with van der Waals surface area (Å²) in [5.41, 5.74) is -0.193. The lowest BCUT2D eigenvalue weighted by Crippen LogP contribution is -2.39. The molecule has 1 aromatic carbocycles. The van der Waals surface area contributed by atoms with Crippen LogP contribution in [0.2, 0.25) is 0 Å². The van der Waals surface area contributed by atoms with E-state index >= 15 is 0 Å². The van der Waals surface area contributed by atoms with Crippen LogP contribution >= 0.6 is 0 Å². The topological polar surface area (TPSA) is 70.6 Å². The molecule has 0 aromatic heterocycles. The number of aliphatic hydroxyl groups excluding tert-OH is 1. The highest BCUT2D eigenvalue weighted by Crippen LogP contribution is 2.29. The van der Waals surface area contributed by atoms with E-state index in [1.165, 1.54) is 0 Å². The summed E-state index contributed by atoms with van der Waals surface area (Å²) in [6, 6.07) is 1.42. The fourth-order valence-corrected chi connectivity index (χ4v) is 2.45. The first kappa shape index (κ1) is 19.2. The van der Waals surface area contributed by atoms with Gasteiger partial charge >= 0.3 is 6.03 Å². The first-order chi connectivity index (χ1) is 10.9. The van der Waals surface area contributed by atoms with Crippen molar-refractivity contribution in [3.63, 3.8) is 0 Å². The van der Waals surface area contributed by atoms with Crippen LogP contribution in [0.1, 0.15) is 33.1 Å². The zero-order valence-corrected chi connectivity index (χ0v) is 13.7. The maximum absolute atomic E-state index is 13.6. The SMILES string of the molecule is CCC(CC)(CCO)CNC(=O)Nc1cc(F)c(OC)c(F)c1. The molecule has 2 amide bonds. The van der Waals surface area contributed by atoms with Gasteiger partial charge < -0.3 is 20.5 Å². The number of benzene rings is 1. The molecule has 0 saturated carbocycles. The molecule has 0 aliphatic carbocycles. The minimum absolute atomic E-state index is 0.000875. The average molecular weight is 330 g/mol. The second-order valence-corrected chi connectivity index (χ2v) is 5.46. The summed E-state index contributed by atoms with van der Waals surface area (Å²) in [4.78, 5) is 11.9. The van der Waals surface area contributed by atoms with E-state index < -0.39 is 23.4 Å². The molecule has 0 radical (unpaired) electrons. The van der Waals surface area contributed by atoms with Crippen molar-refractivity contribution in [1.29, 1.82) is 0 Å². The van der Waals surface area contributed by atoms with E-state index in [1.807, 2.05) is 13.8 Å². The van der Waals surface area contributed by atoms with Crippen LogP contribution in [0.5, 0.6) is 5.75 Å². The van der Waals surface area contributed by atoms with Gasteiger partial charge in [-0.25, -0.2) is 13.6 Å². The molecule has 5 nitrogen and oxygen atoms in total. The first-order valence-corrected chi connectivity index (χ1v) is 7.60. The maximum Gasteiger partial charge on any atom is 0.319 e. The van der Waals surface area contributed by atoms with E-state index in [0.29, 0.717) is 13.0 Å². The molecule has 23 heavy (non-hydrogen) atoms. The molecule has 1 rings (SSSR count). The van der Waals surface area contributed by atoms with Gasteiger partial charge in [-0.05, 0) is 24.7 Å². The van der Waals surface area contributed by atoms with Crippen LogP contribution in [0.4, 0.5) is 19.3 Å². The van der Waals surface area contributed by atoms with Gasteiger partial charge in [-0.15, -0.1) is 0 Å². The Labute approximate surface area is 135 Å². The van der Waals surface area contributed by atoms with Gasteiger partial charge in [-0.3, -0.25) is 0 Å². The van der Waals surface area contributed by atoms with Gasteiger partial charge in [0, 0.05) is 31.0 Å². The Kier molecular flexibility index (Phi) is 7.22. The summed E-state index contributed by atoms with van der Waals surface area (Å²) in [6.45, 7) is 4.40. The number of nitrogens with one attached hydrogen (secondary N) is 2. The third kappa shape index (κ3) is 5.06. The molecule has 0 saturated heterocycles. The predicted molar refractivity (Wildman–Crippen MR) is 84.6 cm³/mol. The Hall–Kier alpha value is -1.89.